The van der Waals surface area contributed by atoms with Gasteiger partial charge in [0.25, 0.3) is 5.91 Å². The van der Waals surface area contributed by atoms with Gasteiger partial charge in [0.2, 0.25) is 0 Å². The zero-order valence-electron chi connectivity index (χ0n) is 11.3. The highest BCUT2D eigenvalue weighted by atomic mass is 16.1. The van der Waals surface area contributed by atoms with Crippen molar-refractivity contribution in [1.29, 1.82) is 0 Å². The maximum Gasteiger partial charge on any atom is 0.270 e. The van der Waals surface area contributed by atoms with Crippen molar-refractivity contribution in [2.75, 3.05) is 19.6 Å². The van der Waals surface area contributed by atoms with Crippen LogP contribution in [-0.2, 0) is 0 Å². The van der Waals surface area contributed by atoms with Gasteiger partial charge in [0.1, 0.15) is 5.69 Å². The van der Waals surface area contributed by atoms with Crippen molar-refractivity contribution in [3.63, 3.8) is 0 Å². The molecule has 2 fully saturated rings. The van der Waals surface area contributed by atoms with E-state index in [4.69, 9.17) is 0 Å². The molecule has 4 rings (SSSR count). The number of rotatable bonds is 2. The standard InChI is InChI=1S/C15H18N4O/c20-15(14-7-13-2-1-4-19(13)10-16-14)17-12-6-11-3-5-18(8-11)9-12/h1-2,4,7,10-12H,3,5-6,8-9H2,(H,17,20)/t11?,12-/m1/s1. The lowest BCUT2D eigenvalue weighted by Crippen LogP contribution is -2.47. The molecular weight excluding hydrogens is 252 g/mol. The maximum atomic E-state index is 12.3. The molecule has 0 aromatic carbocycles. The zero-order valence-corrected chi connectivity index (χ0v) is 11.3. The fraction of sp³-hybridized carbons (Fsp3) is 0.467. The molecule has 5 nitrogen and oxygen atoms in total. The Morgan fingerprint density at radius 3 is 3.25 bits per heavy atom. The number of nitrogens with zero attached hydrogens (tertiary/aromatic N) is 3. The van der Waals surface area contributed by atoms with Gasteiger partial charge in [-0.15, -0.1) is 0 Å². The van der Waals surface area contributed by atoms with Crippen LogP contribution in [0.15, 0.2) is 30.7 Å². The summed E-state index contributed by atoms with van der Waals surface area (Å²) in [6.45, 7) is 3.38. The molecule has 2 aliphatic heterocycles. The highest BCUT2D eigenvalue weighted by Gasteiger charge is 2.33. The number of piperidine rings is 1. The lowest BCUT2D eigenvalue weighted by Gasteiger charge is -2.30. The van der Waals surface area contributed by atoms with E-state index in [1.807, 2.05) is 28.8 Å². The van der Waals surface area contributed by atoms with Gasteiger partial charge in [0.05, 0.1) is 6.33 Å². The van der Waals surface area contributed by atoms with Gasteiger partial charge in [-0.25, -0.2) is 4.98 Å². The minimum Gasteiger partial charge on any atom is -0.347 e. The number of nitrogens with one attached hydrogen (secondary N) is 1. The van der Waals surface area contributed by atoms with Crippen molar-refractivity contribution in [3.05, 3.63) is 36.4 Å². The van der Waals surface area contributed by atoms with E-state index in [9.17, 15) is 4.79 Å². The SMILES string of the molecule is O=C(N[C@@H]1CC2CCN(C2)C1)c1cc2cccn2cn1. The van der Waals surface area contributed by atoms with E-state index in [0.717, 1.165) is 24.4 Å². The second kappa shape index (κ2) is 4.59. The number of amides is 1. The Bertz CT molecular complexity index is 638. The number of hydrogen-bond acceptors (Lipinski definition) is 3. The molecule has 4 heterocycles. The first-order chi connectivity index (χ1) is 9.78. The lowest BCUT2D eigenvalue weighted by atomic mass is 9.97. The van der Waals surface area contributed by atoms with Crippen molar-refractivity contribution in [2.45, 2.75) is 18.9 Å². The van der Waals surface area contributed by atoms with Crippen LogP contribution in [0.5, 0.6) is 0 Å². The van der Waals surface area contributed by atoms with Crippen LogP contribution < -0.4 is 5.32 Å². The van der Waals surface area contributed by atoms with Gasteiger partial charge in [-0.1, -0.05) is 0 Å². The molecule has 1 amide bonds. The smallest absolute Gasteiger partial charge is 0.270 e. The van der Waals surface area contributed by atoms with Gasteiger partial charge in [-0.3, -0.25) is 4.79 Å². The van der Waals surface area contributed by atoms with Gasteiger partial charge in [-0.05, 0) is 43.5 Å². The molecule has 2 saturated heterocycles. The Morgan fingerprint density at radius 1 is 1.40 bits per heavy atom. The average Bonchev–Trinajstić information content (AvgIpc) is 3.04. The molecule has 2 aliphatic rings. The molecule has 2 bridgehead atoms. The minimum atomic E-state index is -0.0544. The topological polar surface area (TPSA) is 49.6 Å². The predicted octanol–water partition coefficient (Wildman–Crippen LogP) is 1.16. The van der Waals surface area contributed by atoms with Crippen molar-refractivity contribution in [3.8, 4) is 0 Å². The van der Waals surface area contributed by atoms with Crippen LogP contribution >= 0.6 is 0 Å². The first-order valence-electron chi connectivity index (χ1n) is 7.24. The molecule has 3 atom stereocenters. The van der Waals surface area contributed by atoms with E-state index in [1.54, 1.807) is 6.33 Å². The van der Waals surface area contributed by atoms with Crippen molar-refractivity contribution in [2.24, 2.45) is 5.92 Å². The van der Waals surface area contributed by atoms with Gasteiger partial charge < -0.3 is 14.6 Å². The summed E-state index contributed by atoms with van der Waals surface area (Å²) < 4.78 is 1.91. The lowest BCUT2D eigenvalue weighted by molar-refractivity contribution is 0.0904. The highest BCUT2D eigenvalue weighted by Crippen LogP contribution is 2.26. The van der Waals surface area contributed by atoms with E-state index in [2.05, 4.69) is 15.2 Å². The summed E-state index contributed by atoms with van der Waals surface area (Å²) in [6.07, 6.45) is 6.00. The summed E-state index contributed by atoms with van der Waals surface area (Å²) in [7, 11) is 0. The second-order valence-corrected chi connectivity index (χ2v) is 5.93. The Morgan fingerprint density at radius 2 is 2.35 bits per heavy atom. The molecule has 2 unspecified atom stereocenters. The van der Waals surface area contributed by atoms with Gasteiger partial charge in [0.15, 0.2) is 0 Å². The van der Waals surface area contributed by atoms with E-state index in [1.165, 1.54) is 19.5 Å². The molecule has 0 saturated carbocycles. The summed E-state index contributed by atoms with van der Waals surface area (Å²) in [5, 5.41) is 3.14. The zero-order chi connectivity index (χ0) is 13.5. The summed E-state index contributed by atoms with van der Waals surface area (Å²) in [6, 6.07) is 6.04. The van der Waals surface area contributed by atoms with Crippen molar-refractivity contribution < 1.29 is 4.79 Å². The predicted molar refractivity (Wildman–Crippen MR) is 75.6 cm³/mol. The van der Waals surface area contributed by atoms with Gasteiger partial charge >= 0.3 is 0 Å². The molecule has 2 aromatic rings. The second-order valence-electron chi connectivity index (χ2n) is 5.93. The molecule has 0 spiro atoms. The van der Waals surface area contributed by atoms with Crippen LogP contribution in [0.4, 0.5) is 0 Å². The van der Waals surface area contributed by atoms with E-state index in [-0.39, 0.29) is 11.9 Å². The first kappa shape index (κ1) is 11.9. The molecule has 2 aromatic heterocycles. The van der Waals surface area contributed by atoms with E-state index >= 15 is 0 Å². The van der Waals surface area contributed by atoms with Crippen molar-refractivity contribution >= 4 is 11.4 Å². The Hall–Kier alpha value is -1.88. The van der Waals surface area contributed by atoms with Crippen LogP contribution in [0.1, 0.15) is 23.3 Å². The summed E-state index contributed by atoms with van der Waals surface area (Å²) in [5.41, 5.74) is 1.50. The molecule has 20 heavy (non-hydrogen) atoms. The van der Waals surface area contributed by atoms with Gasteiger partial charge in [-0.2, -0.15) is 0 Å². The largest absolute Gasteiger partial charge is 0.347 e. The van der Waals surface area contributed by atoms with Crippen molar-refractivity contribution in [1.82, 2.24) is 19.6 Å². The Balaban J connectivity index is 1.49. The average molecular weight is 270 g/mol. The van der Waals surface area contributed by atoms with Crippen LogP contribution in [-0.4, -0.2) is 45.9 Å². The van der Waals surface area contributed by atoms with E-state index < -0.39 is 0 Å². The molecule has 5 heteroatoms. The van der Waals surface area contributed by atoms with Crippen LogP contribution in [0, 0.1) is 5.92 Å². The molecule has 104 valence electrons. The fourth-order valence-corrected chi connectivity index (χ4v) is 3.48. The number of carbonyl (C=O) groups excluding carboxylic acids is 1. The highest BCUT2D eigenvalue weighted by molar-refractivity contribution is 5.93. The number of aromatic nitrogens is 2. The summed E-state index contributed by atoms with van der Waals surface area (Å²) in [4.78, 5) is 19.0. The third-order valence-electron chi connectivity index (χ3n) is 4.45. The van der Waals surface area contributed by atoms with E-state index in [0.29, 0.717) is 5.69 Å². The van der Waals surface area contributed by atoms with Gasteiger partial charge in [0, 0.05) is 30.8 Å². The maximum absolute atomic E-state index is 12.3. The van der Waals surface area contributed by atoms with Crippen LogP contribution in [0.25, 0.3) is 5.52 Å². The molecular formula is C15H18N4O. The Kier molecular flexibility index (Phi) is 2.73. The number of carbonyl (C=O) groups is 1. The number of fused-ring (bicyclic) bond motifs is 3. The quantitative estimate of drug-likeness (QED) is 0.891. The third kappa shape index (κ3) is 2.08. The fourth-order valence-electron chi connectivity index (χ4n) is 3.48. The third-order valence-corrected chi connectivity index (χ3v) is 4.45. The summed E-state index contributed by atoms with van der Waals surface area (Å²) in [5.74, 6) is 0.705. The Labute approximate surface area is 117 Å². The monoisotopic (exact) mass is 270 g/mol. The normalized spacial score (nSPS) is 28.7. The molecule has 1 N–H and O–H groups in total. The molecule has 0 aliphatic carbocycles. The number of hydrogen-bond donors (Lipinski definition) is 1. The first-order valence-corrected chi connectivity index (χ1v) is 7.24. The van der Waals surface area contributed by atoms with Crippen LogP contribution in [0.3, 0.4) is 0 Å². The van der Waals surface area contributed by atoms with Crippen LogP contribution in [0.2, 0.25) is 0 Å². The minimum absolute atomic E-state index is 0.0544. The molecule has 0 radical (unpaired) electrons. The summed E-state index contributed by atoms with van der Waals surface area (Å²) >= 11 is 0.